The second-order valence-corrected chi connectivity index (χ2v) is 9.48. The minimum Gasteiger partial charge on any atom is -0.444 e. The molecule has 2 atom stereocenters. The SMILES string of the molecule is CC1C[C@@](C)(c2cc(Br)c(F)cc2F)N=C(NC(=O)OC(C)(C)C)S1. The molecule has 1 N–H and O–H groups in total. The van der Waals surface area contributed by atoms with Gasteiger partial charge in [-0.3, -0.25) is 10.3 Å². The van der Waals surface area contributed by atoms with Crippen LogP contribution in [0.15, 0.2) is 21.6 Å². The van der Waals surface area contributed by atoms with Crippen LogP contribution in [-0.4, -0.2) is 22.1 Å². The van der Waals surface area contributed by atoms with Gasteiger partial charge in [0.05, 0.1) is 10.0 Å². The van der Waals surface area contributed by atoms with Gasteiger partial charge in [-0.05, 0) is 56.1 Å². The van der Waals surface area contributed by atoms with Crippen LogP contribution in [0.5, 0.6) is 0 Å². The normalized spacial score (nSPS) is 23.8. The number of nitrogens with zero attached hydrogens (tertiary/aromatic N) is 1. The van der Waals surface area contributed by atoms with Crippen LogP contribution in [0.25, 0.3) is 0 Å². The number of benzene rings is 1. The van der Waals surface area contributed by atoms with E-state index in [1.165, 1.54) is 17.8 Å². The molecular weight excluding hydrogens is 414 g/mol. The van der Waals surface area contributed by atoms with Gasteiger partial charge in [-0.15, -0.1) is 0 Å². The van der Waals surface area contributed by atoms with E-state index in [4.69, 9.17) is 4.74 Å². The van der Waals surface area contributed by atoms with Gasteiger partial charge < -0.3 is 4.74 Å². The van der Waals surface area contributed by atoms with E-state index in [2.05, 4.69) is 26.2 Å². The number of ether oxygens (including phenoxy) is 1. The molecule has 0 radical (unpaired) electrons. The summed E-state index contributed by atoms with van der Waals surface area (Å²) in [7, 11) is 0. The van der Waals surface area contributed by atoms with Crippen molar-refractivity contribution in [3.63, 3.8) is 0 Å². The Morgan fingerprint density at radius 1 is 1.40 bits per heavy atom. The maximum Gasteiger partial charge on any atom is 0.413 e. The first-order chi connectivity index (χ1) is 11.4. The van der Waals surface area contributed by atoms with Crippen molar-refractivity contribution in [1.29, 1.82) is 0 Å². The van der Waals surface area contributed by atoms with Crippen LogP contribution >= 0.6 is 27.7 Å². The highest BCUT2D eigenvalue weighted by molar-refractivity contribution is 9.10. The molecule has 0 aromatic heterocycles. The van der Waals surface area contributed by atoms with Gasteiger partial charge >= 0.3 is 6.09 Å². The summed E-state index contributed by atoms with van der Waals surface area (Å²) in [4.78, 5) is 16.5. The van der Waals surface area contributed by atoms with Crippen molar-refractivity contribution in [3.8, 4) is 0 Å². The lowest BCUT2D eigenvalue weighted by Crippen LogP contribution is -2.40. The average molecular weight is 435 g/mol. The first-order valence-corrected chi connectivity index (χ1v) is 9.48. The Hall–Kier alpha value is -1.15. The zero-order valence-corrected chi connectivity index (χ0v) is 17.1. The molecular formula is C17H21BrF2N2O2S. The third-order valence-electron chi connectivity index (χ3n) is 3.54. The molecule has 1 aliphatic rings. The number of amides is 1. The van der Waals surface area contributed by atoms with Gasteiger partial charge in [0.15, 0.2) is 5.17 Å². The van der Waals surface area contributed by atoms with E-state index in [-0.39, 0.29) is 15.3 Å². The Morgan fingerprint density at radius 3 is 2.64 bits per heavy atom. The summed E-state index contributed by atoms with van der Waals surface area (Å²) < 4.78 is 33.3. The monoisotopic (exact) mass is 434 g/mol. The lowest BCUT2D eigenvalue weighted by molar-refractivity contribution is 0.0564. The topological polar surface area (TPSA) is 50.7 Å². The van der Waals surface area contributed by atoms with E-state index < -0.39 is 28.9 Å². The second-order valence-electron chi connectivity index (χ2n) is 7.20. The van der Waals surface area contributed by atoms with Crippen LogP contribution < -0.4 is 5.32 Å². The van der Waals surface area contributed by atoms with Gasteiger partial charge in [0, 0.05) is 16.9 Å². The van der Waals surface area contributed by atoms with Gasteiger partial charge in [0.2, 0.25) is 0 Å². The largest absolute Gasteiger partial charge is 0.444 e. The van der Waals surface area contributed by atoms with Crippen molar-refractivity contribution in [1.82, 2.24) is 5.32 Å². The number of aliphatic imine (C=N–C) groups is 1. The predicted molar refractivity (Wildman–Crippen MR) is 99.9 cm³/mol. The molecule has 0 saturated heterocycles. The molecule has 1 aliphatic heterocycles. The number of thioether (sulfide) groups is 1. The molecule has 1 unspecified atom stereocenters. The molecule has 0 fully saturated rings. The van der Waals surface area contributed by atoms with Crippen molar-refractivity contribution in [2.24, 2.45) is 4.99 Å². The molecule has 0 saturated carbocycles. The minimum atomic E-state index is -0.921. The smallest absolute Gasteiger partial charge is 0.413 e. The third-order valence-corrected chi connectivity index (χ3v) is 5.14. The molecule has 2 rings (SSSR count). The van der Waals surface area contributed by atoms with Crippen molar-refractivity contribution < 1.29 is 18.3 Å². The van der Waals surface area contributed by atoms with Crippen LogP contribution in [0.3, 0.4) is 0 Å². The van der Waals surface area contributed by atoms with E-state index in [0.717, 1.165) is 6.07 Å². The van der Waals surface area contributed by atoms with Crippen molar-refractivity contribution in [2.45, 2.75) is 57.4 Å². The summed E-state index contributed by atoms with van der Waals surface area (Å²) >= 11 is 4.47. The lowest BCUT2D eigenvalue weighted by atomic mass is 9.87. The van der Waals surface area contributed by atoms with E-state index in [0.29, 0.717) is 11.6 Å². The molecule has 1 aromatic carbocycles. The van der Waals surface area contributed by atoms with Crippen molar-refractivity contribution >= 4 is 39.0 Å². The van der Waals surface area contributed by atoms with Gasteiger partial charge in [0.25, 0.3) is 0 Å². The number of hydrogen-bond acceptors (Lipinski definition) is 4. The number of amidine groups is 1. The fourth-order valence-electron chi connectivity index (χ4n) is 2.64. The molecule has 4 nitrogen and oxygen atoms in total. The number of hydrogen-bond donors (Lipinski definition) is 1. The Kier molecular flexibility index (Phi) is 5.83. The highest BCUT2D eigenvalue weighted by atomic mass is 79.9. The van der Waals surface area contributed by atoms with Crippen LogP contribution in [0, 0.1) is 11.6 Å². The average Bonchev–Trinajstić information content (AvgIpc) is 2.39. The van der Waals surface area contributed by atoms with Crippen LogP contribution in [0.2, 0.25) is 0 Å². The Labute approximate surface area is 158 Å². The number of carbonyl (C=O) groups excluding carboxylic acids is 1. The Bertz CT molecular complexity index is 721. The third kappa shape index (κ3) is 5.17. The number of nitrogens with one attached hydrogen (secondary N) is 1. The molecule has 138 valence electrons. The van der Waals surface area contributed by atoms with E-state index in [1.54, 1.807) is 27.7 Å². The summed E-state index contributed by atoms with van der Waals surface area (Å²) in [6.07, 6.45) is -0.0671. The second kappa shape index (κ2) is 7.23. The molecule has 25 heavy (non-hydrogen) atoms. The van der Waals surface area contributed by atoms with Gasteiger partial charge in [-0.25, -0.2) is 13.6 Å². The predicted octanol–water partition coefficient (Wildman–Crippen LogP) is 5.35. The van der Waals surface area contributed by atoms with Crippen molar-refractivity contribution in [2.75, 3.05) is 0 Å². The maximum absolute atomic E-state index is 14.4. The minimum absolute atomic E-state index is 0.0793. The number of rotatable bonds is 1. The molecule has 1 heterocycles. The summed E-state index contributed by atoms with van der Waals surface area (Å²) in [5.41, 5.74) is -1.28. The van der Waals surface area contributed by atoms with E-state index in [9.17, 15) is 13.6 Å². The molecule has 8 heteroatoms. The number of halogens is 3. The van der Waals surface area contributed by atoms with Crippen LogP contribution in [-0.2, 0) is 10.3 Å². The molecule has 0 aliphatic carbocycles. The zero-order chi connectivity index (χ0) is 19.0. The summed E-state index contributed by atoms with van der Waals surface area (Å²) in [6.45, 7) is 9.02. The highest BCUT2D eigenvalue weighted by Crippen LogP contribution is 2.41. The van der Waals surface area contributed by atoms with Gasteiger partial charge in [0.1, 0.15) is 17.2 Å². The Balaban J connectivity index is 2.34. The maximum atomic E-state index is 14.4. The first-order valence-electron chi connectivity index (χ1n) is 7.81. The van der Waals surface area contributed by atoms with Crippen molar-refractivity contribution in [3.05, 3.63) is 33.8 Å². The fourth-order valence-corrected chi connectivity index (χ4v) is 4.17. The molecule has 0 spiro atoms. The van der Waals surface area contributed by atoms with E-state index >= 15 is 0 Å². The summed E-state index contributed by atoms with van der Waals surface area (Å²) in [5, 5.41) is 3.06. The van der Waals surface area contributed by atoms with Gasteiger partial charge in [-0.2, -0.15) is 0 Å². The highest BCUT2D eigenvalue weighted by Gasteiger charge is 2.37. The molecule has 1 aromatic rings. The standard InChI is InChI=1S/C17H21BrF2N2O2S/c1-9-8-17(5,10-6-11(18)13(20)7-12(10)19)22-14(25-9)21-15(23)24-16(2,3)4/h6-7,9H,8H2,1-5H3,(H,21,22,23)/t9?,17-/m0/s1. The molecule has 1 amide bonds. The first kappa shape index (κ1) is 20.2. The van der Waals surface area contributed by atoms with Gasteiger partial charge in [-0.1, -0.05) is 18.7 Å². The number of alkyl carbamates (subject to hydrolysis) is 1. The van der Waals surface area contributed by atoms with Crippen LogP contribution in [0.1, 0.15) is 46.6 Å². The van der Waals surface area contributed by atoms with Crippen LogP contribution in [0.4, 0.5) is 13.6 Å². The quantitative estimate of drug-likeness (QED) is 0.606. The van der Waals surface area contributed by atoms with E-state index in [1.807, 2.05) is 6.92 Å². The molecule has 0 bridgehead atoms. The Morgan fingerprint density at radius 2 is 2.04 bits per heavy atom. The number of carbonyl (C=O) groups is 1. The summed E-state index contributed by atoms with van der Waals surface area (Å²) in [5.74, 6) is -1.33. The fraction of sp³-hybridized carbons (Fsp3) is 0.529. The zero-order valence-electron chi connectivity index (χ0n) is 14.7. The summed E-state index contributed by atoms with van der Waals surface area (Å²) in [6, 6.07) is 2.25. The lowest BCUT2D eigenvalue weighted by Gasteiger charge is -2.34.